The molecule has 0 aliphatic rings. The minimum absolute atomic E-state index is 0.00979. The van der Waals surface area contributed by atoms with Crippen LogP contribution in [0.1, 0.15) is 25.5 Å². The van der Waals surface area contributed by atoms with E-state index in [1.807, 2.05) is 12.3 Å². The van der Waals surface area contributed by atoms with E-state index in [2.05, 4.69) is 15.3 Å². The number of aromatic nitrogens is 2. The van der Waals surface area contributed by atoms with Crippen molar-refractivity contribution in [1.82, 2.24) is 9.97 Å². The van der Waals surface area contributed by atoms with Gasteiger partial charge in [0.15, 0.2) is 5.69 Å². The number of nitrogens with two attached hydrogens (primary N) is 1. The summed E-state index contributed by atoms with van der Waals surface area (Å²) in [6, 6.07) is 0.632. The summed E-state index contributed by atoms with van der Waals surface area (Å²) in [5, 5.41) is 11.7. The Kier molecular flexibility index (Phi) is 5.31. The summed E-state index contributed by atoms with van der Waals surface area (Å²) in [5.74, 6) is 4.73. The number of halogens is 3. The number of hydrogen-bond donors (Lipinski definition) is 4. The molecular formula is C10H16F3N5O. The van der Waals surface area contributed by atoms with Gasteiger partial charge < -0.3 is 10.4 Å². The van der Waals surface area contributed by atoms with E-state index in [-0.39, 0.29) is 24.4 Å². The van der Waals surface area contributed by atoms with Gasteiger partial charge in [-0.25, -0.2) is 10.8 Å². The summed E-state index contributed by atoms with van der Waals surface area (Å²) in [7, 11) is 0. The fourth-order valence-electron chi connectivity index (χ4n) is 1.47. The quantitative estimate of drug-likeness (QED) is 0.464. The molecule has 1 atom stereocenters. The van der Waals surface area contributed by atoms with Crippen molar-refractivity contribution < 1.29 is 18.3 Å². The largest absolute Gasteiger partial charge is 0.433 e. The Labute approximate surface area is 108 Å². The molecule has 0 radical (unpaired) electrons. The number of anilines is 2. The second-order valence-corrected chi connectivity index (χ2v) is 3.87. The SMILES string of the molecule is CCC(CCO)Nc1cc(C(F)(F)F)nc(NN)n1. The molecule has 0 aliphatic carbocycles. The van der Waals surface area contributed by atoms with Gasteiger partial charge in [-0.2, -0.15) is 18.2 Å². The van der Waals surface area contributed by atoms with Gasteiger partial charge >= 0.3 is 6.18 Å². The zero-order valence-corrected chi connectivity index (χ0v) is 10.3. The van der Waals surface area contributed by atoms with Crippen LogP contribution in [-0.4, -0.2) is 27.7 Å². The van der Waals surface area contributed by atoms with Crippen LogP contribution in [0.15, 0.2) is 6.07 Å². The fourth-order valence-corrected chi connectivity index (χ4v) is 1.47. The molecule has 6 nitrogen and oxygen atoms in total. The number of rotatable bonds is 6. The summed E-state index contributed by atoms with van der Waals surface area (Å²) in [5.41, 5.74) is 0.905. The van der Waals surface area contributed by atoms with Crippen LogP contribution in [0.4, 0.5) is 24.9 Å². The van der Waals surface area contributed by atoms with Crippen molar-refractivity contribution in [1.29, 1.82) is 0 Å². The third-order valence-corrected chi connectivity index (χ3v) is 2.47. The first-order valence-corrected chi connectivity index (χ1v) is 5.71. The molecule has 0 amide bonds. The van der Waals surface area contributed by atoms with Crippen molar-refractivity contribution in [2.45, 2.75) is 32.0 Å². The van der Waals surface area contributed by atoms with Crippen molar-refractivity contribution in [3.63, 3.8) is 0 Å². The monoisotopic (exact) mass is 279 g/mol. The average molecular weight is 279 g/mol. The number of hydrazine groups is 1. The minimum Gasteiger partial charge on any atom is -0.396 e. The number of nitrogen functional groups attached to an aromatic ring is 1. The highest BCUT2D eigenvalue weighted by Crippen LogP contribution is 2.29. The molecule has 0 aliphatic heterocycles. The number of nitrogens with one attached hydrogen (secondary N) is 2. The first kappa shape index (κ1) is 15.4. The van der Waals surface area contributed by atoms with E-state index in [0.717, 1.165) is 6.07 Å². The Morgan fingerprint density at radius 2 is 2.11 bits per heavy atom. The Morgan fingerprint density at radius 1 is 1.42 bits per heavy atom. The molecule has 0 fully saturated rings. The van der Waals surface area contributed by atoms with E-state index in [0.29, 0.717) is 12.8 Å². The maximum atomic E-state index is 12.6. The molecule has 1 aromatic rings. The molecule has 0 bridgehead atoms. The molecule has 0 aromatic carbocycles. The predicted molar refractivity (Wildman–Crippen MR) is 64.2 cm³/mol. The van der Waals surface area contributed by atoms with Crippen molar-refractivity contribution in [2.75, 3.05) is 17.3 Å². The van der Waals surface area contributed by atoms with Gasteiger partial charge in [0.2, 0.25) is 5.95 Å². The van der Waals surface area contributed by atoms with E-state index in [4.69, 9.17) is 10.9 Å². The van der Waals surface area contributed by atoms with E-state index in [9.17, 15) is 13.2 Å². The van der Waals surface area contributed by atoms with E-state index in [1.165, 1.54) is 0 Å². The molecule has 1 heterocycles. The number of nitrogens with zero attached hydrogens (tertiary/aromatic N) is 2. The molecule has 1 rings (SSSR count). The van der Waals surface area contributed by atoms with Gasteiger partial charge in [0.25, 0.3) is 0 Å². The highest BCUT2D eigenvalue weighted by atomic mass is 19.4. The van der Waals surface area contributed by atoms with Crippen LogP contribution in [0.2, 0.25) is 0 Å². The van der Waals surface area contributed by atoms with Crippen LogP contribution < -0.4 is 16.6 Å². The second kappa shape index (κ2) is 6.53. The van der Waals surface area contributed by atoms with Gasteiger partial charge in [0, 0.05) is 18.7 Å². The van der Waals surface area contributed by atoms with E-state index < -0.39 is 11.9 Å². The zero-order chi connectivity index (χ0) is 14.5. The first-order valence-electron chi connectivity index (χ1n) is 5.71. The molecule has 5 N–H and O–H groups in total. The molecule has 19 heavy (non-hydrogen) atoms. The van der Waals surface area contributed by atoms with Gasteiger partial charge in [-0.1, -0.05) is 6.92 Å². The Bertz CT molecular complexity index is 413. The molecule has 1 unspecified atom stereocenters. The Morgan fingerprint density at radius 3 is 2.58 bits per heavy atom. The third-order valence-electron chi connectivity index (χ3n) is 2.47. The van der Waals surface area contributed by atoms with Crippen LogP contribution in [0.25, 0.3) is 0 Å². The third kappa shape index (κ3) is 4.52. The average Bonchev–Trinajstić information content (AvgIpc) is 2.36. The molecular weight excluding hydrogens is 263 g/mol. The van der Waals surface area contributed by atoms with Gasteiger partial charge in [-0.05, 0) is 12.8 Å². The van der Waals surface area contributed by atoms with Crippen molar-refractivity contribution in [3.05, 3.63) is 11.8 Å². The fraction of sp³-hybridized carbons (Fsp3) is 0.600. The van der Waals surface area contributed by atoms with Crippen LogP contribution in [-0.2, 0) is 6.18 Å². The molecule has 1 aromatic heterocycles. The number of hydrogen-bond acceptors (Lipinski definition) is 6. The van der Waals surface area contributed by atoms with Crippen LogP contribution in [0.5, 0.6) is 0 Å². The second-order valence-electron chi connectivity index (χ2n) is 3.87. The van der Waals surface area contributed by atoms with E-state index in [1.54, 1.807) is 0 Å². The maximum absolute atomic E-state index is 12.6. The van der Waals surface area contributed by atoms with Crippen LogP contribution in [0, 0.1) is 0 Å². The van der Waals surface area contributed by atoms with Gasteiger partial charge in [0.05, 0.1) is 0 Å². The highest BCUT2D eigenvalue weighted by molar-refractivity contribution is 5.43. The normalized spacial score (nSPS) is 13.2. The summed E-state index contributed by atoms with van der Waals surface area (Å²) in [6.45, 7) is 1.78. The number of alkyl halides is 3. The summed E-state index contributed by atoms with van der Waals surface area (Å²) >= 11 is 0. The Hall–Kier alpha value is -1.61. The minimum atomic E-state index is -4.58. The number of aliphatic hydroxyl groups is 1. The molecule has 0 spiro atoms. The van der Waals surface area contributed by atoms with Gasteiger partial charge in [-0.15, -0.1) is 0 Å². The van der Waals surface area contributed by atoms with Crippen molar-refractivity contribution in [3.8, 4) is 0 Å². The van der Waals surface area contributed by atoms with Gasteiger partial charge in [0.1, 0.15) is 5.82 Å². The standard InChI is InChI=1S/C10H16F3N5O/c1-2-6(3-4-19)15-8-5-7(10(11,12)13)16-9(17-8)18-14/h5-6,19H,2-4,14H2,1H3,(H2,15,16,17,18). The summed E-state index contributed by atoms with van der Waals surface area (Å²) < 4.78 is 37.9. The van der Waals surface area contributed by atoms with Crippen molar-refractivity contribution >= 4 is 11.8 Å². The smallest absolute Gasteiger partial charge is 0.396 e. The topological polar surface area (TPSA) is 96.1 Å². The van der Waals surface area contributed by atoms with Gasteiger partial charge in [-0.3, -0.25) is 5.43 Å². The zero-order valence-electron chi connectivity index (χ0n) is 10.3. The van der Waals surface area contributed by atoms with Crippen molar-refractivity contribution in [2.24, 2.45) is 5.84 Å². The lowest BCUT2D eigenvalue weighted by atomic mass is 10.1. The summed E-state index contributed by atoms with van der Waals surface area (Å²) in [4.78, 5) is 7.04. The molecule has 9 heteroatoms. The lowest BCUT2D eigenvalue weighted by molar-refractivity contribution is -0.141. The molecule has 108 valence electrons. The van der Waals surface area contributed by atoms with Crippen LogP contribution in [0.3, 0.4) is 0 Å². The summed E-state index contributed by atoms with van der Waals surface area (Å²) in [6.07, 6.45) is -3.53. The predicted octanol–water partition coefficient (Wildman–Crippen LogP) is 1.35. The molecule has 0 saturated carbocycles. The van der Waals surface area contributed by atoms with E-state index >= 15 is 0 Å². The molecule has 0 saturated heterocycles. The lowest BCUT2D eigenvalue weighted by Crippen LogP contribution is -2.23. The highest BCUT2D eigenvalue weighted by Gasteiger charge is 2.33. The lowest BCUT2D eigenvalue weighted by Gasteiger charge is -2.17. The Balaban J connectivity index is 3.00. The number of aliphatic hydroxyl groups excluding tert-OH is 1. The first-order chi connectivity index (χ1) is 8.90. The van der Waals surface area contributed by atoms with Crippen LogP contribution >= 0.6 is 0 Å². The maximum Gasteiger partial charge on any atom is 0.433 e.